The predicted molar refractivity (Wildman–Crippen MR) is 71.6 cm³/mol. The summed E-state index contributed by atoms with van der Waals surface area (Å²) in [5.41, 5.74) is 7.96. The molecule has 0 atom stereocenters. The first-order chi connectivity index (χ1) is 9.15. The fourth-order valence-corrected chi connectivity index (χ4v) is 2.31. The third-order valence-corrected chi connectivity index (χ3v) is 3.21. The minimum Gasteiger partial charge on any atom is -0.384 e. The second-order valence-corrected chi connectivity index (χ2v) is 4.46. The van der Waals surface area contributed by atoms with Gasteiger partial charge in [-0.15, -0.1) is 0 Å². The van der Waals surface area contributed by atoms with E-state index >= 15 is 0 Å². The molecule has 1 aliphatic rings. The normalized spacial score (nSPS) is 13.4. The fraction of sp³-hybridized carbons (Fsp3) is 0.154. The number of nitrogens with two attached hydrogens (primary N) is 1. The first-order valence-electron chi connectivity index (χ1n) is 5.88. The quantitative estimate of drug-likeness (QED) is 0.656. The number of nitrogens with zero attached hydrogens (tertiary/aromatic N) is 3. The highest BCUT2D eigenvalue weighted by Gasteiger charge is 2.26. The van der Waals surface area contributed by atoms with Crippen LogP contribution in [0.1, 0.15) is 11.1 Å². The van der Waals surface area contributed by atoms with Crippen LogP contribution in [0, 0.1) is 10.1 Å². The molecular formula is C13H12N4O2. The minimum atomic E-state index is -0.426. The van der Waals surface area contributed by atoms with E-state index in [0.29, 0.717) is 18.9 Å². The summed E-state index contributed by atoms with van der Waals surface area (Å²) in [6.45, 7) is 1.24. The van der Waals surface area contributed by atoms with E-state index in [2.05, 4.69) is 4.98 Å². The molecule has 1 aromatic heterocycles. The van der Waals surface area contributed by atoms with Crippen molar-refractivity contribution in [2.24, 2.45) is 0 Å². The first-order valence-corrected chi connectivity index (χ1v) is 5.88. The van der Waals surface area contributed by atoms with Crippen LogP contribution < -0.4 is 10.6 Å². The van der Waals surface area contributed by atoms with Crippen molar-refractivity contribution < 1.29 is 4.92 Å². The smallest absolute Gasteiger partial charge is 0.311 e. The molecule has 0 unspecified atom stereocenters. The van der Waals surface area contributed by atoms with Gasteiger partial charge in [-0.3, -0.25) is 10.1 Å². The Morgan fingerprint density at radius 3 is 2.37 bits per heavy atom. The summed E-state index contributed by atoms with van der Waals surface area (Å²) < 4.78 is 0. The maximum Gasteiger partial charge on any atom is 0.311 e. The Hall–Kier alpha value is -2.63. The molecule has 0 bridgehead atoms. The van der Waals surface area contributed by atoms with E-state index in [4.69, 9.17) is 5.73 Å². The van der Waals surface area contributed by atoms with E-state index < -0.39 is 4.92 Å². The lowest BCUT2D eigenvalue weighted by molar-refractivity contribution is -0.384. The second kappa shape index (κ2) is 4.24. The summed E-state index contributed by atoms with van der Waals surface area (Å²) in [5.74, 6) is 0.623. The summed E-state index contributed by atoms with van der Waals surface area (Å²) in [5, 5.41) is 11.1. The molecule has 0 saturated carbocycles. The molecule has 2 aromatic rings. The van der Waals surface area contributed by atoms with E-state index in [1.54, 1.807) is 0 Å². The zero-order chi connectivity index (χ0) is 13.4. The molecule has 96 valence electrons. The van der Waals surface area contributed by atoms with Gasteiger partial charge >= 0.3 is 5.69 Å². The molecule has 6 heteroatoms. The van der Waals surface area contributed by atoms with Gasteiger partial charge in [-0.1, -0.05) is 24.3 Å². The molecule has 0 amide bonds. The van der Waals surface area contributed by atoms with E-state index in [1.807, 2.05) is 29.2 Å². The van der Waals surface area contributed by atoms with E-state index in [1.165, 1.54) is 23.3 Å². The van der Waals surface area contributed by atoms with E-state index in [0.717, 1.165) is 0 Å². The number of hydrogen-bond acceptors (Lipinski definition) is 5. The summed E-state index contributed by atoms with van der Waals surface area (Å²) >= 11 is 0. The van der Waals surface area contributed by atoms with Gasteiger partial charge in [-0.25, -0.2) is 4.98 Å². The zero-order valence-electron chi connectivity index (χ0n) is 10.1. The number of hydrogen-bond donors (Lipinski definition) is 1. The van der Waals surface area contributed by atoms with Crippen molar-refractivity contribution in [2.75, 3.05) is 10.6 Å². The number of aromatic nitrogens is 1. The Morgan fingerprint density at radius 2 is 1.79 bits per heavy atom. The Bertz CT molecular complexity index is 632. The second-order valence-electron chi connectivity index (χ2n) is 4.46. The van der Waals surface area contributed by atoms with Crippen molar-refractivity contribution >= 4 is 17.3 Å². The Balaban J connectivity index is 2.01. The third-order valence-electron chi connectivity index (χ3n) is 3.21. The molecule has 1 aromatic carbocycles. The van der Waals surface area contributed by atoms with Crippen LogP contribution in [0.4, 0.5) is 17.3 Å². The van der Waals surface area contributed by atoms with Crippen LogP contribution in [-0.4, -0.2) is 9.91 Å². The van der Waals surface area contributed by atoms with Crippen LogP contribution in [0.2, 0.25) is 0 Å². The van der Waals surface area contributed by atoms with Crippen LogP contribution in [0.25, 0.3) is 0 Å². The molecule has 1 aliphatic heterocycles. The average molecular weight is 256 g/mol. The van der Waals surface area contributed by atoms with Gasteiger partial charge < -0.3 is 10.6 Å². The molecule has 2 heterocycles. The Kier molecular flexibility index (Phi) is 2.56. The topological polar surface area (TPSA) is 85.3 Å². The van der Waals surface area contributed by atoms with Crippen molar-refractivity contribution in [2.45, 2.75) is 13.1 Å². The largest absolute Gasteiger partial charge is 0.384 e. The van der Waals surface area contributed by atoms with Gasteiger partial charge in [0.2, 0.25) is 5.82 Å². The number of fused-ring (bicyclic) bond motifs is 1. The molecule has 0 radical (unpaired) electrons. The molecule has 6 nitrogen and oxygen atoms in total. The SMILES string of the molecule is Nc1ccc([N+](=O)[O-])c(N2Cc3ccccc3C2)n1. The highest BCUT2D eigenvalue weighted by atomic mass is 16.6. The number of benzene rings is 1. The first kappa shape index (κ1) is 11.5. The van der Waals surface area contributed by atoms with Crippen LogP contribution in [-0.2, 0) is 13.1 Å². The maximum absolute atomic E-state index is 11.1. The van der Waals surface area contributed by atoms with Crippen LogP contribution >= 0.6 is 0 Å². The van der Waals surface area contributed by atoms with Crippen LogP contribution in [0.15, 0.2) is 36.4 Å². The summed E-state index contributed by atoms with van der Waals surface area (Å²) in [4.78, 5) is 16.6. The Morgan fingerprint density at radius 1 is 1.16 bits per heavy atom. The van der Waals surface area contributed by atoms with Crippen molar-refractivity contribution in [1.82, 2.24) is 4.98 Å². The lowest BCUT2D eigenvalue weighted by atomic mass is 10.1. The number of anilines is 2. The summed E-state index contributed by atoms with van der Waals surface area (Å²) in [7, 11) is 0. The molecule has 0 saturated heterocycles. The van der Waals surface area contributed by atoms with Gasteiger partial charge in [0.05, 0.1) is 4.92 Å². The highest BCUT2D eigenvalue weighted by Crippen LogP contribution is 2.33. The molecule has 0 aliphatic carbocycles. The number of nitro groups is 1. The van der Waals surface area contributed by atoms with Gasteiger partial charge in [-0.2, -0.15) is 0 Å². The molecule has 2 N–H and O–H groups in total. The summed E-state index contributed by atoms with van der Waals surface area (Å²) in [6, 6.07) is 10.8. The lowest BCUT2D eigenvalue weighted by Crippen LogP contribution is -2.18. The predicted octanol–water partition coefficient (Wildman–Crippen LogP) is 2.09. The van der Waals surface area contributed by atoms with E-state index in [9.17, 15) is 10.1 Å². The number of pyridine rings is 1. The van der Waals surface area contributed by atoms with Crippen molar-refractivity contribution in [3.8, 4) is 0 Å². The standard InChI is InChI=1S/C13H12N4O2/c14-12-6-5-11(17(18)19)13(15-12)16-7-9-3-1-2-4-10(9)8-16/h1-6H,7-8H2,(H2,14,15). The van der Waals surface area contributed by atoms with Gasteiger partial charge in [0.25, 0.3) is 0 Å². The molecule has 0 spiro atoms. The number of nitrogen functional groups attached to an aromatic ring is 1. The van der Waals surface area contributed by atoms with Gasteiger partial charge in [0, 0.05) is 19.2 Å². The van der Waals surface area contributed by atoms with Gasteiger partial charge in [0.15, 0.2) is 0 Å². The van der Waals surface area contributed by atoms with E-state index in [-0.39, 0.29) is 11.5 Å². The number of rotatable bonds is 2. The molecule has 3 rings (SSSR count). The lowest BCUT2D eigenvalue weighted by Gasteiger charge is -2.16. The van der Waals surface area contributed by atoms with Gasteiger partial charge in [0.1, 0.15) is 5.82 Å². The average Bonchev–Trinajstić information content (AvgIpc) is 2.81. The minimum absolute atomic E-state index is 0.0120. The fourth-order valence-electron chi connectivity index (χ4n) is 2.31. The van der Waals surface area contributed by atoms with Crippen LogP contribution in [0.3, 0.4) is 0 Å². The van der Waals surface area contributed by atoms with Crippen molar-refractivity contribution in [3.05, 3.63) is 57.6 Å². The zero-order valence-corrected chi connectivity index (χ0v) is 10.1. The van der Waals surface area contributed by atoms with Crippen molar-refractivity contribution in [1.29, 1.82) is 0 Å². The molecule has 19 heavy (non-hydrogen) atoms. The maximum atomic E-state index is 11.1. The summed E-state index contributed by atoms with van der Waals surface area (Å²) in [6.07, 6.45) is 0. The highest BCUT2D eigenvalue weighted by molar-refractivity contribution is 5.62. The molecular weight excluding hydrogens is 244 g/mol. The monoisotopic (exact) mass is 256 g/mol. The van der Waals surface area contributed by atoms with Crippen LogP contribution in [0.5, 0.6) is 0 Å². The van der Waals surface area contributed by atoms with Gasteiger partial charge in [-0.05, 0) is 17.2 Å². The third kappa shape index (κ3) is 1.97. The van der Waals surface area contributed by atoms with Crippen molar-refractivity contribution in [3.63, 3.8) is 0 Å². The Labute approximate surface area is 109 Å². The molecule has 0 fully saturated rings.